The van der Waals surface area contributed by atoms with E-state index in [9.17, 15) is 4.79 Å². The number of benzene rings is 2. The van der Waals surface area contributed by atoms with E-state index in [1.54, 1.807) is 10.9 Å². The van der Waals surface area contributed by atoms with Crippen LogP contribution >= 0.6 is 12.2 Å². The van der Waals surface area contributed by atoms with Gasteiger partial charge in [-0.25, -0.2) is 4.68 Å². The summed E-state index contributed by atoms with van der Waals surface area (Å²) in [7, 11) is 0. The molecule has 4 rings (SSSR count). The van der Waals surface area contributed by atoms with Gasteiger partial charge in [-0.1, -0.05) is 61.4 Å². The topological polar surface area (TPSA) is 71.0 Å². The number of hydrogen-bond donors (Lipinski definition) is 3. The summed E-state index contributed by atoms with van der Waals surface area (Å²) in [6.07, 6.45) is 6.38. The number of nitrogens with one attached hydrogen (secondary N) is 3. The highest BCUT2D eigenvalue weighted by Gasteiger charge is 2.20. The molecular formula is C22H23N5OS. The molecule has 0 aliphatic heterocycles. The predicted molar refractivity (Wildman–Crippen MR) is 118 cm³/mol. The maximum Gasteiger partial charge on any atom is 0.273 e. The van der Waals surface area contributed by atoms with E-state index < -0.39 is 0 Å². The van der Waals surface area contributed by atoms with Crippen LogP contribution in [0, 0.1) is 0 Å². The van der Waals surface area contributed by atoms with E-state index in [0.717, 1.165) is 24.1 Å². The van der Waals surface area contributed by atoms with Crippen LogP contribution < -0.4 is 16.2 Å². The lowest BCUT2D eigenvalue weighted by atomic mass is 10.1. The second kappa shape index (κ2) is 8.87. The van der Waals surface area contributed by atoms with Crippen molar-refractivity contribution >= 4 is 23.2 Å². The second-order valence-electron chi connectivity index (χ2n) is 7.07. The van der Waals surface area contributed by atoms with Gasteiger partial charge in [-0.15, -0.1) is 0 Å². The first kappa shape index (κ1) is 19.1. The van der Waals surface area contributed by atoms with Crippen molar-refractivity contribution in [1.29, 1.82) is 0 Å². The molecule has 0 bridgehead atoms. The van der Waals surface area contributed by atoms with Crippen molar-refractivity contribution < 1.29 is 4.79 Å². The van der Waals surface area contributed by atoms with E-state index in [-0.39, 0.29) is 5.91 Å². The highest BCUT2D eigenvalue weighted by molar-refractivity contribution is 7.80. The van der Waals surface area contributed by atoms with E-state index >= 15 is 0 Å². The Morgan fingerprint density at radius 1 is 0.966 bits per heavy atom. The summed E-state index contributed by atoms with van der Waals surface area (Å²) in [5.41, 5.74) is 8.36. The normalized spacial score (nSPS) is 13.8. The van der Waals surface area contributed by atoms with Gasteiger partial charge >= 0.3 is 0 Å². The molecule has 1 fully saturated rings. The number of thiocarbonyl (C=S) groups is 1. The molecule has 0 unspecified atom stereocenters. The summed E-state index contributed by atoms with van der Waals surface area (Å²) in [5.74, 6) is -0.290. The molecule has 3 N–H and O–H groups in total. The van der Waals surface area contributed by atoms with E-state index in [4.69, 9.17) is 12.2 Å². The van der Waals surface area contributed by atoms with Gasteiger partial charge in [0.2, 0.25) is 0 Å². The Hall–Kier alpha value is -3.19. The number of aromatic nitrogens is 2. The van der Waals surface area contributed by atoms with Crippen LogP contribution in [0.3, 0.4) is 0 Å². The molecule has 0 spiro atoms. The van der Waals surface area contributed by atoms with Crippen LogP contribution in [-0.4, -0.2) is 26.8 Å². The molecule has 1 aromatic heterocycles. The summed E-state index contributed by atoms with van der Waals surface area (Å²) in [6, 6.07) is 19.8. The second-order valence-corrected chi connectivity index (χ2v) is 7.48. The molecule has 6 nitrogen and oxygen atoms in total. The molecule has 1 amide bonds. The minimum atomic E-state index is -0.290. The Morgan fingerprint density at radius 2 is 1.62 bits per heavy atom. The summed E-state index contributed by atoms with van der Waals surface area (Å²) >= 11 is 5.31. The Morgan fingerprint density at radius 3 is 2.31 bits per heavy atom. The largest absolute Gasteiger partial charge is 0.359 e. The van der Waals surface area contributed by atoms with Crippen molar-refractivity contribution in [1.82, 2.24) is 25.9 Å². The molecule has 1 heterocycles. The number of rotatable bonds is 4. The lowest BCUT2D eigenvalue weighted by molar-refractivity contribution is 0.0944. The zero-order valence-electron chi connectivity index (χ0n) is 16.0. The third-order valence-corrected chi connectivity index (χ3v) is 5.23. The molecule has 0 saturated heterocycles. The van der Waals surface area contributed by atoms with Crippen LogP contribution in [0.4, 0.5) is 0 Å². The first-order chi connectivity index (χ1) is 14.2. The summed E-state index contributed by atoms with van der Waals surface area (Å²) in [5, 5.41) is 8.34. The number of hydrogen-bond acceptors (Lipinski definition) is 3. The molecule has 3 aromatic rings. The SMILES string of the molecule is O=C(NNC(=S)NC1CCCC1)c1cn(-c2ccccc2)nc1-c1ccccc1. The van der Waals surface area contributed by atoms with Gasteiger partial charge in [0.15, 0.2) is 5.11 Å². The van der Waals surface area contributed by atoms with Gasteiger partial charge in [-0.05, 0) is 37.2 Å². The number of amides is 1. The Labute approximate surface area is 175 Å². The lowest BCUT2D eigenvalue weighted by Gasteiger charge is -2.16. The summed E-state index contributed by atoms with van der Waals surface area (Å²) in [4.78, 5) is 12.9. The number of para-hydroxylation sites is 1. The Balaban J connectivity index is 1.53. The Bertz CT molecular complexity index is 981. The minimum Gasteiger partial charge on any atom is -0.359 e. The predicted octanol–water partition coefficient (Wildman–Crippen LogP) is 3.59. The fraction of sp³-hybridized carbons (Fsp3) is 0.227. The van der Waals surface area contributed by atoms with E-state index in [1.807, 2.05) is 60.7 Å². The van der Waals surface area contributed by atoms with Crippen LogP contribution in [0.2, 0.25) is 0 Å². The van der Waals surface area contributed by atoms with Gasteiger partial charge < -0.3 is 5.32 Å². The van der Waals surface area contributed by atoms with E-state index in [1.165, 1.54) is 12.8 Å². The quantitative estimate of drug-likeness (QED) is 0.457. The maximum atomic E-state index is 12.9. The molecule has 148 valence electrons. The van der Waals surface area contributed by atoms with Crippen molar-refractivity contribution in [3.63, 3.8) is 0 Å². The van der Waals surface area contributed by atoms with Crippen molar-refractivity contribution in [3.8, 4) is 16.9 Å². The highest BCUT2D eigenvalue weighted by Crippen LogP contribution is 2.23. The van der Waals surface area contributed by atoms with Gasteiger partial charge in [-0.3, -0.25) is 15.6 Å². The smallest absolute Gasteiger partial charge is 0.273 e. The van der Waals surface area contributed by atoms with Crippen LogP contribution in [0.15, 0.2) is 66.9 Å². The zero-order chi connectivity index (χ0) is 20.1. The number of carbonyl (C=O) groups is 1. The molecule has 0 radical (unpaired) electrons. The van der Waals surface area contributed by atoms with Crippen LogP contribution in [0.1, 0.15) is 36.0 Å². The van der Waals surface area contributed by atoms with Gasteiger partial charge in [0, 0.05) is 17.8 Å². The van der Waals surface area contributed by atoms with Crippen molar-refractivity contribution in [3.05, 3.63) is 72.4 Å². The molecule has 1 aliphatic carbocycles. The monoisotopic (exact) mass is 405 g/mol. The lowest BCUT2D eigenvalue weighted by Crippen LogP contribution is -2.49. The molecule has 0 atom stereocenters. The third-order valence-electron chi connectivity index (χ3n) is 5.01. The molecule has 1 saturated carbocycles. The number of nitrogens with zero attached hydrogens (tertiary/aromatic N) is 2. The average Bonchev–Trinajstić information content (AvgIpc) is 3.43. The van der Waals surface area contributed by atoms with Gasteiger partial charge in [0.05, 0.1) is 11.3 Å². The summed E-state index contributed by atoms with van der Waals surface area (Å²) in [6.45, 7) is 0. The molecule has 7 heteroatoms. The highest BCUT2D eigenvalue weighted by atomic mass is 32.1. The van der Waals surface area contributed by atoms with Crippen LogP contribution in [-0.2, 0) is 0 Å². The minimum absolute atomic E-state index is 0.290. The molecular weight excluding hydrogens is 382 g/mol. The van der Waals surface area contributed by atoms with Gasteiger partial charge in [0.1, 0.15) is 5.69 Å². The van der Waals surface area contributed by atoms with Crippen LogP contribution in [0.25, 0.3) is 16.9 Å². The molecule has 2 aromatic carbocycles. The zero-order valence-corrected chi connectivity index (χ0v) is 16.8. The maximum absolute atomic E-state index is 12.9. The molecule has 29 heavy (non-hydrogen) atoms. The first-order valence-electron chi connectivity index (χ1n) is 9.78. The fourth-order valence-corrected chi connectivity index (χ4v) is 3.75. The van der Waals surface area contributed by atoms with E-state index in [0.29, 0.717) is 22.4 Å². The summed E-state index contributed by atoms with van der Waals surface area (Å²) < 4.78 is 1.71. The standard InChI is InChI=1S/C22H23N5OS/c28-21(24-25-22(29)23-17-11-7-8-12-17)19-15-27(18-13-5-2-6-14-18)26-20(19)16-9-3-1-4-10-16/h1-6,9-10,13-15,17H,7-8,11-12H2,(H,24,28)(H2,23,25,29). The van der Waals surface area contributed by atoms with E-state index in [2.05, 4.69) is 21.3 Å². The third kappa shape index (κ3) is 4.63. The number of hydrazine groups is 1. The molecule has 1 aliphatic rings. The Kier molecular flexibility index (Phi) is 5.86. The van der Waals surface area contributed by atoms with Crippen molar-refractivity contribution in [2.24, 2.45) is 0 Å². The fourth-order valence-electron chi connectivity index (χ4n) is 3.53. The van der Waals surface area contributed by atoms with Crippen molar-refractivity contribution in [2.45, 2.75) is 31.7 Å². The van der Waals surface area contributed by atoms with Crippen molar-refractivity contribution in [2.75, 3.05) is 0 Å². The van der Waals surface area contributed by atoms with Crippen LogP contribution in [0.5, 0.6) is 0 Å². The van der Waals surface area contributed by atoms with Gasteiger partial charge in [-0.2, -0.15) is 5.10 Å². The average molecular weight is 406 g/mol. The first-order valence-corrected chi connectivity index (χ1v) is 10.2. The van der Waals surface area contributed by atoms with Gasteiger partial charge in [0.25, 0.3) is 5.91 Å². The number of carbonyl (C=O) groups excluding carboxylic acids is 1.